The van der Waals surface area contributed by atoms with E-state index in [-0.39, 0.29) is 0 Å². The lowest BCUT2D eigenvalue weighted by Gasteiger charge is -2.09. The minimum Gasteiger partial charge on any atom is -0.497 e. The Morgan fingerprint density at radius 2 is 1.82 bits per heavy atom. The van der Waals surface area contributed by atoms with E-state index in [9.17, 15) is 0 Å². The van der Waals surface area contributed by atoms with Gasteiger partial charge >= 0.3 is 0 Å². The van der Waals surface area contributed by atoms with Crippen LogP contribution in [0.4, 0.5) is 5.69 Å². The first-order valence-corrected chi connectivity index (χ1v) is 5.85. The number of methoxy groups -OCH3 is 1. The van der Waals surface area contributed by atoms with Crippen molar-refractivity contribution < 1.29 is 9.47 Å². The number of halogens is 1. The summed E-state index contributed by atoms with van der Waals surface area (Å²) in [7, 11) is 1.62. The summed E-state index contributed by atoms with van der Waals surface area (Å²) in [6.07, 6.45) is 0. The van der Waals surface area contributed by atoms with Crippen LogP contribution in [-0.2, 0) is 0 Å². The summed E-state index contributed by atoms with van der Waals surface area (Å²) in [5, 5.41) is 0. The molecule has 2 rings (SSSR count). The zero-order valence-corrected chi connectivity index (χ0v) is 10.9. The highest BCUT2D eigenvalue weighted by atomic mass is 79.9. The van der Waals surface area contributed by atoms with Crippen LogP contribution in [0.1, 0.15) is 0 Å². The molecule has 88 valence electrons. The van der Waals surface area contributed by atoms with Crippen molar-refractivity contribution in [3.05, 3.63) is 46.9 Å². The van der Waals surface area contributed by atoms with Gasteiger partial charge in [-0.2, -0.15) is 0 Å². The Morgan fingerprint density at radius 3 is 2.59 bits per heavy atom. The lowest BCUT2D eigenvalue weighted by atomic mass is 10.3. The molecule has 2 aromatic rings. The molecule has 3 nitrogen and oxygen atoms in total. The Morgan fingerprint density at radius 1 is 1.06 bits per heavy atom. The van der Waals surface area contributed by atoms with Gasteiger partial charge in [0.2, 0.25) is 0 Å². The summed E-state index contributed by atoms with van der Waals surface area (Å²) in [6, 6.07) is 12.9. The highest BCUT2D eigenvalue weighted by Gasteiger charge is 2.03. The predicted molar refractivity (Wildman–Crippen MR) is 71.6 cm³/mol. The molecule has 0 saturated heterocycles. The van der Waals surface area contributed by atoms with Crippen LogP contribution < -0.4 is 15.2 Å². The standard InChI is InChI=1S/C13H12BrNO2/c1-16-10-3-2-4-11(8-10)17-13-7-9(14)5-6-12(13)15/h2-8H,15H2,1H3. The first-order valence-electron chi connectivity index (χ1n) is 5.06. The quantitative estimate of drug-likeness (QED) is 0.875. The van der Waals surface area contributed by atoms with Crippen molar-refractivity contribution in [1.82, 2.24) is 0 Å². The predicted octanol–water partition coefficient (Wildman–Crippen LogP) is 3.83. The van der Waals surface area contributed by atoms with Gasteiger partial charge in [0, 0.05) is 10.5 Å². The van der Waals surface area contributed by atoms with Crippen molar-refractivity contribution in [2.75, 3.05) is 12.8 Å². The van der Waals surface area contributed by atoms with Crippen molar-refractivity contribution in [2.45, 2.75) is 0 Å². The topological polar surface area (TPSA) is 44.5 Å². The molecule has 0 aromatic heterocycles. The van der Waals surface area contributed by atoms with Gasteiger partial charge < -0.3 is 15.2 Å². The number of rotatable bonds is 3. The van der Waals surface area contributed by atoms with E-state index in [2.05, 4.69) is 15.9 Å². The SMILES string of the molecule is COc1cccc(Oc2cc(Br)ccc2N)c1. The zero-order chi connectivity index (χ0) is 12.3. The van der Waals surface area contributed by atoms with Gasteiger partial charge in [0.25, 0.3) is 0 Å². The van der Waals surface area contributed by atoms with Crippen molar-refractivity contribution in [2.24, 2.45) is 0 Å². The Bertz CT molecular complexity index is 529. The van der Waals surface area contributed by atoms with Crippen LogP contribution in [0.25, 0.3) is 0 Å². The van der Waals surface area contributed by atoms with Gasteiger partial charge in [0.1, 0.15) is 11.5 Å². The minimum absolute atomic E-state index is 0.594. The summed E-state index contributed by atoms with van der Waals surface area (Å²) in [6.45, 7) is 0. The summed E-state index contributed by atoms with van der Waals surface area (Å²) >= 11 is 3.38. The average molecular weight is 294 g/mol. The van der Waals surface area contributed by atoms with Crippen molar-refractivity contribution >= 4 is 21.6 Å². The van der Waals surface area contributed by atoms with Crippen LogP contribution in [0.2, 0.25) is 0 Å². The van der Waals surface area contributed by atoms with Gasteiger partial charge in [-0.05, 0) is 30.3 Å². The van der Waals surface area contributed by atoms with Gasteiger partial charge in [-0.1, -0.05) is 22.0 Å². The second-order valence-corrected chi connectivity index (χ2v) is 4.38. The van der Waals surface area contributed by atoms with Crippen molar-refractivity contribution in [3.8, 4) is 17.2 Å². The van der Waals surface area contributed by atoms with E-state index >= 15 is 0 Å². The molecular weight excluding hydrogens is 282 g/mol. The molecule has 0 heterocycles. The minimum atomic E-state index is 0.594. The smallest absolute Gasteiger partial charge is 0.151 e. The Hall–Kier alpha value is -1.68. The molecule has 4 heteroatoms. The molecule has 0 unspecified atom stereocenters. The van der Waals surface area contributed by atoms with E-state index in [4.69, 9.17) is 15.2 Å². The van der Waals surface area contributed by atoms with E-state index in [0.29, 0.717) is 17.2 Å². The van der Waals surface area contributed by atoms with E-state index < -0.39 is 0 Å². The van der Waals surface area contributed by atoms with E-state index in [1.54, 1.807) is 19.2 Å². The molecule has 0 bridgehead atoms. The number of anilines is 1. The van der Waals surface area contributed by atoms with Crippen LogP contribution in [0, 0.1) is 0 Å². The molecule has 0 atom stereocenters. The maximum atomic E-state index is 5.83. The molecule has 2 aromatic carbocycles. The second-order valence-electron chi connectivity index (χ2n) is 3.46. The Kier molecular flexibility index (Phi) is 3.54. The monoisotopic (exact) mass is 293 g/mol. The summed E-state index contributed by atoms with van der Waals surface area (Å²) in [4.78, 5) is 0. The van der Waals surface area contributed by atoms with Gasteiger partial charge in [-0.25, -0.2) is 0 Å². The Labute approximate surface area is 108 Å². The lowest BCUT2D eigenvalue weighted by molar-refractivity contribution is 0.409. The number of hydrogen-bond acceptors (Lipinski definition) is 3. The number of benzene rings is 2. The third-order valence-corrected chi connectivity index (χ3v) is 2.74. The van der Waals surface area contributed by atoms with Crippen LogP contribution >= 0.6 is 15.9 Å². The normalized spacial score (nSPS) is 10.0. The molecular formula is C13H12BrNO2. The molecule has 0 amide bonds. The molecule has 0 radical (unpaired) electrons. The molecule has 17 heavy (non-hydrogen) atoms. The number of hydrogen-bond donors (Lipinski definition) is 1. The molecule has 0 aliphatic rings. The average Bonchev–Trinajstić information content (AvgIpc) is 2.34. The molecule has 0 fully saturated rings. The zero-order valence-electron chi connectivity index (χ0n) is 9.31. The van der Waals surface area contributed by atoms with Gasteiger partial charge in [-0.3, -0.25) is 0 Å². The Balaban J connectivity index is 2.27. The third-order valence-electron chi connectivity index (χ3n) is 2.24. The van der Waals surface area contributed by atoms with Gasteiger partial charge in [-0.15, -0.1) is 0 Å². The molecule has 0 aliphatic heterocycles. The summed E-state index contributed by atoms with van der Waals surface area (Å²) in [5.74, 6) is 2.05. The third kappa shape index (κ3) is 2.91. The number of nitrogens with two attached hydrogens (primary N) is 1. The second kappa shape index (κ2) is 5.10. The molecule has 0 aliphatic carbocycles. The van der Waals surface area contributed by atoms with Crippen LogP contribution in [0.5, 0.6) is 17.2 Å². The maximum absolute atomic E-state index is 5.83. The fraction of sp³-hybridized carbons (Fsp3) is 0.0769. The van der Waals surface area contributed by atoms with Crippen LogP contribution in [0.15, 0.2) is 46.9 Å². The number of nitrogen functional groups attached to an aromatic ring is 1. The van der Waals surface area contributed by atoms with Gasteiger partial charge in [0.15, 0.2) is 5.75 Å². The van der Waals surface area contributed by atoms with Crippen LogP contribution in [0.3, 0.4) is 0 Å². The largest absolute Gasteiger partial charge is 0.497 e. The fourth-order valence-electron chi connectivity index (χ4n) is 1.39. The lowest BCUT2D eigenvalue weighted by Crippen LogP contribution is -1.92. The van der Waals surface area contributed by atoms with E-state index in [1.807, 2.05) is 30.3 Å². The van der Waals surface area contributed by atoms with Crippen molar-refractivity contribution in [1.29, 1.82) is 0 Å². The number of ether oxygens (including phenoxy) is 2. The molecule has 2 N–H and O–H groups in total. The summed E-state index contributed by atoms with van der Waals surface area (Å²) in [5.41, 5.74) is 6.42. The maximum Gasteiger partial charge on any atom is 0.151 e. The first kappa shape index (κ1) is 11.8. The molecule has 0 saturated carbocycles. The van der Waals surface area contributed by atoms with E-state index in [1.165, 1.54) is 0 Å². The van der Waals surface area contributed by atoms with Crippen molar-refractivity contribution in [3.63, 3.8) is 0 Å². The van der Waals surface area contributed by atoms with Gasteiger partial charge in [0.05, 0.1) is 12.8 Å². The summed E-state index contributed by atoms with van der Waals surface area (Å²) < 4.78 is 11.7. The van der Waals surface area contributed by atoms with Crippen LogP contribution in [-0.4, -0.2) is 7.11 Å². The highest BCUT2D eigenvalue weighted by molar-refractivity contribution is 9.10. The molecule has 0 spiro atoms. The first-order chi connectivity index (χ1) is 8.19. The fourth-order valence-corrected chi connectivity index (χ4v) is 1.73. The van der Waals surface area contributed by atoms with E-state index in [0.717, 1.165) is 10.2 Å². The highest BCUT2D eigenvalue weighted by Crippen LogP contribution is 2.31.